The molecule has 0 spiro atoms. The lowest BCUT2D eigenvalue weighted by molar-refractivity contribution is -0.134. The molecule has 0 aliphatic heterocycles. The number of halogens is 5. The summed E-state index contributed by atoms with van der Waals surface area (Å²) in [6.45, 7) is 0.305. The van der Waals surface area contributed by atoms with Gasteiger partial charge < -0.3 is 5.32 Å². The molecule has 1 aromatic rings. The van der Waals surface area contributed by atoms with Crippen LogP contribution < -0.4 is 5.32 Å². The fourth-order valence-electron chi connectivity index (χ4n) is 1.14. The largest absolute Gasteiger partial charge is 0.389 e. The fourth-order valence-corrected chi connectivity index (χ4v) is 2.33. The van der Waals surface area contributed by atoms with Crippen LogP contribution in [0.5, 0.6) is 0 Å². The molecular formula is C10H10Br2F3N. The number of anilines is 1. The Morgan fingerprint density at radius 2 is 1.88 bits per heavy atom. The van der Waals surface area contributed by atoms with Crippen molar-refractivity contribution >= 4 is 37.5 Å². The van der Waals surface area contributed by atoms with Crippen molar-refractivity contribution in [2.45, 2.75) is 19.0 Å². The van der Waals surface area contributed by atoms with Crippen LogP contribution in [0.3, 0.4) is 0 Å². The molecule has 0 unspecified atom stereocenters. The van der Waals surface area contributed by atoms with Gasteiger partial charge in [0.1, 0.15) is 0 Å². The Hall–Kier alpha value is -0.230. The fraction of sp³-hybridized carbons (Fsp3) is 0.400. The second kappa shape index (κ2) is 5.91. The first-order chi connectivity index (χ1) is 7.38. The second-order valence-corrected chi connectivity index (χ2v) is 5.04. The smallest absolute Gasteiger partial charge is 0.384 e. The number of alkyl halides is 3. The molecule has 16 heavy (non-hydrogen) atoms. The molecule has 0 fully saturated rings. The van der Waals surface area contributed by atoms with Gasteiger partial charge in [0.15, 0.2) is 0 Å². The molecule has 0 atom stereocenters. The van der Waals surface area contributed by atoms with Crippen molar-refractivity contribution in [1.29, 1.82) is 0 Å². The number of hydrogen-bond donors (Lipinski definition) is 1. The van der Waals surface area contributed by atoms with E-state index in [0.717, 1.165) is 14.6 Å². The van der Waals surface area contributed by atoms with E-state index in [0.29, 0.717) is 6.54 Å². The topological polar surface area (TPSA) is 12.0 Å². The molecular weight excluding hydrogens is 351 g/mol. The third-order valence-corrected chi connectivity index (χ3v) is 3.03. The monoisotopic (exact) mass is 359 g/mol. The van der Waals surface area contributed by atoms with E-state index < -0.39 is 12.6 Å². The van der Waals surface area contributed by atoms with Crippen molar-refractivity contribution in [3.05, 3.63) is 27.1 Å². The maximum atomic E-state index is 11.9. The highest BCUT2D eigenvalue weighted by Gasteiger charge is 2.25. The Morgan fingerprint density at radius 1 is 1.19 bits per heavy atom. The summed E-state index contributed by atoms with van der Waals surface area (Å²) in [6, 6.07) is 5.48. The Kier molecular flexibility index (Phi) is 5.11. The summed E-state index contributed by atoms with van der Waals surface area (Å²) in [5, 5.41) is 2.95. The second-order valence-electron chi connectivity index (χ2n) is 3.27. The zero-order valence-corrected chi connectivity index (χ0v) is 11.4. The van der Waals surface area contributed by atoms with Crippen molar-refractivity contribution in [3.63, 3.8) is 0 Å². The van der Waals surface area contributed by atoms with Crippen LogP contribution >= 0.6 is 31.9 Å². The van der Waals surface area contributed by atoms with Crippen LogP contribution in [0.4, 0.5) is 18.9 Å². The Bertz CT molecular complexity index is 352. The van der Waals surface area contributed by atoms with Crippen LogP contribution in [0, 0.1) is 0 Å². The summed E-state index contributed by atoms with van der Waals surface area (Å²) < 4.78 is 37.4. The maximum absolute atomic E-state index is 11.9. The molecule has 0 saturated carbocycles. The van der Waals surface area contributed by atoms with Gasteiger partial charge >= 0.3 is 6.18 Å². The highest BCUT2D eigenvalue weighted by atomic mass is 79.9. The predicted molar refractivity (Wildman–Crippen MR) is 65.6 cm³/mol. The summed E-state index contributed by atoms with van der Waals surface area (Å²) in [4.78, 5) is 0. The molecule has 0 bridgehead atoms. The first-order valence-corrected chi connectivity index (χ1v) is 6.23. The highest BCUT2D eigenvalue weighted by Crippen LogP contribution is 2.26. The third-order valence-electron chi connectivity index (χ3n) is 1.88. The van der Waals surface area contributed by atoms with E-state index in [1.807, 2.05) is 18.2 Å². The minimum absolute atomic E-state index is 0.0754. The van der Waals surface area contributed by atoms with Gasteiger partial charge in [0.2, 0.25) is 0 Å². The van der Waals surface area contributed by atoms with Gasteiger partial charge in [-0.2, -0.15) is 13.2 Å². The summed E-state index contributed by atoms with van der Waals surface area (Å²) in [5.74, 6) is 0. The Labute approximate surface area is 109 Å². The lowest BCUT2D eigenvalue weighted by Gasteiger charge is -2.10. The molecule has 0 heterocycles. The van der Waals surface area contributed by atoms with E-state index in [1.165, 1.54) is 0 Å². The molecule has 1 nitrogen and oxygen atoms in total. The van der Waals surface area contributed by atoms with Crippen LogP contribution in [0.15, 0.2) is 27.1 Å². The van der Waals surface area contributed by atoms with Crippen molar-refractivity contribution in [3.8, 4) is 0 Å². The van der Waals surface area contributed by atoms with E-state index in [-0.39, 0.29) is 6.42 Å². The minimum atomic E-state index is -4.07. The van der Waals surface area contributed by atoms with Crippen LogP contribution in [0.1, 0.15) is 12.8 Å². The molecule has 0 saturated heterocycles. The molecule has 0 radical (unpaired) electrons. The van der Waals surface area contributed by atoms with Crippen LogP contribution in [-0.4, -0.2) is 12.7 Å². The number of nitrogens with one attached hydrogen (secondary N) is 1. The van der Waals surface area contributed by atoms with E-state index in [1.54, 1.807) is 0 Å². The average molecular weight is 361 g/mol. The summed E-state index contributed by atoms with van der Waals surface area (Å²) in [7, 11) is 0. The standard InChI is InChI=1S/C10H10Br2F3N/c11-7-2-3-9(8(12)6-7)16-5-1-4-10(13,14)15/h2-3,6,16H,1,4-5H2. The average Bonchev–Trinajstić information content (AvgIpc) is 2.13. The minimum Gasteiger partial charge on any atom is -0.384 e. The van der Waals surface area contributed by atoms with Gasteiger partial charge in [-0.15, -0.1) is 0 Å². The van der Waals surface area contributed by atoms with E-state index in [9.17, 15) is 13.2 Å². The molecule has 1 N–H and O–H groups in total. The van der Waals surface area contributed by atoms with Crippen LogP contribution in [0.2, 0.25) is 0 Å². The first-order valence-electron chi connectivity index (χ1n) is 4.64. The summed E-state index contributed by atoms with van der Waals surface area (Å²) >= 11 is 6.62. The number of benzene rings is 1. The molecule has 6 heteroatoms. The van der Waals surface area contributed by atoms with Gasteiger partial charge in [0.25, 0.3) is 0 Å². The summed E-state index contributed by atoms with van der Waals surface area (Å²) in [6.07, 6.45) is -4.75. The van der Waals surface area contributed by atoms with Crippen molar-refractivity contribution in [2.75, 3.05) is 11.9 Å². The van der Waals surface area contributed by atoms with Gasteiger partial charge in [-0.05, 0) is 40.5 Å². The zero-order chi connectivity index (χ0) is 12.2. The van der Waals surface area contributed by atoms with Gasteiger partial charge in [-0.1, -0.05) is 15.9 Å². The quantitative estimate of drug-likeness (QED) is 0.748. The maximum Gasteiger partial charge on any atom is 0.389 e. The molecule has 90 valence electrons. The van der Waals surface area contributed by atoms with Gasteiger partial charge in [-0.3, -0.25) is 0 Å². The highest BCUT2D eigenvalue weighted by molar-refractivity contribution is 9.11. The van der Waals surface area contributed by atoms with E-state index in [4.69, 9.17) is 0 Å². The molecule has 1 rings (SSSR count). The Balaban J connectivity index is 2.38. The van der Waals surface area contributed by atoms with Crippen molar-refractivity contribution < 1.29 is 13.2 Å². The molecule has 0 aliphatic rings. The van der Waals surface area contributed by atoms with Crippen LogP contribution in [0.25, 0.3) is 0 Å². The number of hydrogen-bond acceptors (Lipinski definition) is 1. The molecule has 0 aliphatic carbocycles. The van der Waals surface area contributed by atoms with Gasteiger partial charge in [0.05, 0.1) is 0 Å². The Morgan fingerprint density at radius 3 is 2.44 bits per heavy atom. The lowest BCUT2D eigenvalue weighted by Crippen LogP contribution is -2.11. The van der Waals surface area contributed by atoms with Gasteiger partial charge in [0, 0.05) is 27.6 Å². The molecule has 0 amide bonds. The lowest BCUT2D eigenvalue weighted by atomic mass is 10.3. The zero-order valence-electron chi connectivity index (χ0n) is 8.24. The SMILES string of the molecule is FC(F)(F)CCCNc1ccc(Br)cc1Br. The molecule has 1 aromatic carbocycles. The van der Waals surface area contributed by atoms with Gasteiger partial charge in [-0.25, -0.2) is 0 Å². The van der Waals surface area contributed by atoms with E-state index >= 15 is 0 Å². The molecule has 0 aromatic heterocycles. The normalized spacial score (nSPS) is 11.6. The predicted octanol–water partition coefficient (Wildman–Crippen LogP) is 4.97. The van der Waals surface area contributed by atoms with Crippen LogP contribution in [-0.2, 0) is 0 Å². The first kappa shape index (κ1) is 13.8. The summed E-state index contributed by atoms with van der Waals surface area (Å²) in [5.41, 5.74) is 0.797. The van der Waals surface area contributed by atoms with E-state index in [2.05, 4.69) is 37.2 Å². The van der Waals surface area contributed by atoms with Crippen molar-refractivity contribution in [2.24, 2.45) is 0 Å². The van der Waals surface area contributed by atoms with Crippen molar-refractivity contribution in [1.82, 2.24) is 0 Å². The number of rotatable bonds is 4. The third kappa shape index (κ3) is 5.21.